The largest absolute Gasteiger partial charge is 0.351 e. The molecule has 0 atom stereocenters. The van der Waals surface area contributed by atoms with Crippen molar-refractivity contribution in [3.63, 3.8) is 0 Å². The first-order valence-electron chi connectivity index (χ1n) is 8.71. The predicted molar refractivity (Wildman–Crippen MR) is 111 cm³/mol. The van der Waals surface area contributed by atoms with Crippen LogP contribution in [-0.4, -0.2) is 22.4 Å². The molecule has 0 spiro atoms. The molecule has 3 heterocycles. The van der Waals surface area contributed by atoms with Gasteiger partial charge in [-0.1, -0.05) is 23.7 Å². The van der Waals surface area contributed by atoms with E-state index in [9.17, 15) is 4.79 Å². The number of benzene rings is 1. The van der Waals surface area contributed by atoms with E-state index in [1.54, 1.807) is 6.20 Å². The zero-order valence-corrected chi connectivity index (χ0v) is 16.1. The van der Waals surface area contributed by atoms with Crippen molar-refractivity contribution in [2.45, 2.75) is 12.8 Å². The summed E-state index contributed by atoms with van der Waals surface area (Å²) in [6.07, 6.45) is 5.14. The number of hydrogen-bond acceptors (Lipinski definition) is 3. The molecule has 3 aromatic heterocycles. The van der Waals surface area contributed by atoms with Gasteiger partial charge >= 0.3 is 0 Å². The van der Waals surface area contributed by atoms with Crippen molar-refractivity contribution in [3.05, 3.63) is 86.8 Å². The minimum atomic E-state index is -0.0265. The monoisotopic (exact) mass is 395 g/mol. The number of amides is 1. The Balaban J connectivity index is 1.43. The average Bonchev–Trinajstić information content (AvgIpc) is 3.31. The van der Waals surface area contributed by atoms with Gasteiger partial charge in [0.2, 0.25) is 0 Å². The van der Waals surface area contributed by atoms with Crippen LogP contribution in [0.15, 0.2) is 60.2 Å². The number of nitrogens with one attached hydrogen (secondary N) is 2. The van der Waals surface area contributed by atoms with Crippen molar-refractivity contribution < 1.29 is 4.79 Å². The van der Waals surface area contributed by atoms with Gasteiger partial charge in [-0.15, -0.1) is 11.3 Å². The Morgan fingerprint density at radius 3 is 3.00 bits per heavy atom. The molecule has 136 valence electrons. The van der Waals surface area contributed by atoms with Gasteiger partial charge < -0.3 is 10.3 Å². The van der Waals surface area contributed by atoms with E-state index in [2.05, 4.69) is 15.3 Å². The van der Waals surface area contributed by atoms with Gasteiger partial charge in [-0.2, -0.15) is 0 Å². The Hall–Kier alpha value is -2.63. The highest BCUT2D eigenvalue weighted by Gasteiger charge is 2.14. The molecule has 4 nitrogen and oxygen atoms in total. The molecular formula is C21H18ClN3OS. The number of thiophene rings is 1. The van der Waals surface area contributed by atoms with Crippen molar-refractivity contribution in [2.24, 2.45) is 0 Å². The lowest BCUT2D eigenvalue weighted by Gasteiger charge is -2.07. The first kappa shape index (κ1) is 17.8. The quantitative estimate of drug-likeness (QED) is 0.490. The Labute approximate surface area is 166 Å². The van der Waals surface area contributed by atoms with Crippen LogP contribution in [0.3, 0.4) is 0 Å². The highest BCUT2D eigenvalue weighted by atomic mass is 35.5. The summed E-state index contributed by atoms with van der Waals surface area (Å²) < 4.78 is 0. The van der Waals surface area contributed by atoms with Gasteiger partial charge in [0.15, 0.2) is 0 Å². The average molecular weight is 396 g/mol. The number of H-pyrrole nitrogens is 1. The summed E-state index contributed by atoms with van der Waals surface area (Å²) in [4.78, 5) is 20.9. The third-order valence-corrected chi connectivity index (χ3v) is 5.66. The highest BCUT2D eigenvalue weighted by Crippen LogP contribution is 2.24. The van der Waals surface area contributed by atoms with Crippen molar-refractivity contribution in [2.75, 3.05) is 6.54 Å². The Morgan fingerprint density at radius 2 is 2.11 bits per heavy atom. The second-order valence-electron chi connectivity index (χ2n) is 6.30. The lowest BCUT2D eigenvalue weighted by Crippen LogP contribution is -2.25. The van der Waals surface area contributed by atoms with Gasteiger partial charge in [0, 0.05) is 29.3 Å². The first-order chi connectivity index (χ1) is 13.2. The van der Waals surface area contributed by atoms with E-state index in [0.717, 1.165) is 39.0 Å². The van der Waals surface area contributed by atoms with Gasteiger partial charge in [-0.05, 0) is 65.2 Å². The fraction of sp³-hybridized carbons (Fsp3) is 0.143. The van der Waals surface area contributed by atoms with Crippen LogP contribution in [0.1, 0.15) is 26.4 Å². The van der Waals surface area contributed by atoms with Crippen LogP contribution < -0.4 is 5.32 Å². The number of carbonyl (C=O) groups excluding carboxylic acids is 1. The lowest BCUT2D eigenvalue weighted by molar-refractivity contribution is 0.0957. The molecule has 27 heavy (non-hydrogen) atoms. The highest BCUT2D eigenvalue weighted by molar-refractivity contribution is 7.12. The topological polar surface area (TPSA) is 57.8 Å². The molecule has 4 aromatic rings. The number of hydrogen-bond donors (Lipinski definition) is 2. The molecule has 0 aliphatic rings. The fourth-order valence-corrected chi connectivity index (χ4v) is 4.20. The summed E-state index contributed by atoms with van der Waals surface area (Å²) >= 11 is 7.48. The van der Waals surface area contributed by atoms with Gasteiger partial charge in [0.25, 0.3) is 5.91 Å². The SMILES string of the molecule is O=C(NCCc1cccc(Cl)c1)c1sccc1Cc1ccnc2[nH]ccc12. The van der Waals surface area contributed by atoms with Crippen LogP contribution in [0, 0.1) is 0 Å². The summed E-state index contributed by atoms with van der Waals surface area (Å²) in [5.74, 6) is -0.0265. The van der Waals surface area contributed by atoms with Crippen LogP contribution in [-0.2, 0) is 12.8 Å². The third kappa shape index (κ3) is 4.04. The molecule has 4 rings (SSSR count). The summed E-state index contributed by atoms with van der Waals surface area (Å²) in [5.41, 5.74) is 4.18. The molecule has 1 aromatic carbocycles. The standard InChI is InChI=1S/C21H18ClN3OS/c22-17-3-1-2-14(12-17)4-8-25-21(26)19-16(7-11-27-19)13-15-5-9-23-20-18(15)6-10-24-20/h1-3,5-7,9-12H,4,8,13H2,(H,23,24)(H,25,26). The second-order valence-corrected chi connectivity index (χ2v) is 7.65. The van der Waals surface area contributed by atoms with Crippen molar-refractivity contribution in [1.82, 2.24) is 15.3 Å². The summed E-state index contributed by atoms with van der Waals surface area (Å²) in [5, 5.41) is 6.80. The second kappa shape index (κ2) is 7.94. The van der Waals surface area contributed by atoms with Gasteiger partial charge in [-0.25, -0.2) is 4.98 Å². The van der Waals surface area contributed by atoms with E-state index in [-0.39, 0.29) is 5.91 Å². The lowest BCUT2D eigenvalue weighted by atomic mass is 10.0. The molecule has 0 fully saturated rings. The maximum Gasteiger partial charge on any atom is 0.261 e. The maximum atomic E-state index is 12.6. The predicted octanol–water partition coefficient (Wildman–Crippen LogP) is 4.84. The molecule has 6 heteroatoms. The molecule has 0 unspecified atom stereocenters. The Kier molecular flexibility index (Phi) is 5.23. The molecule has 2 N–H and O–H groups in total. The minimum absolute atomic E-state index is 0.0265. The third-order valence-electron chi connectivity index (χ3n) is 4.47. The van der Waals surface area contributed by atoms with Gasteiger partial charge in [0.1, 0.15) is 5.65 Å². The van der Waals surface area contributed by atoms with E-state index in [1.807, 2.05) is 54.0 Å². The summed E-state index contributed by atoms with van der Waals surface area (Å²) in [6.45, 7) is 0.577. The molecular weight excluding hydrogens is 378 g/mol. The number of carbonyl (C=O) groups is 1. The van der Waals surface area contributed by atoms with Crippen molar-refractivity contribution >= 4 is 39.9 Å². The smallest absolute Gasteiger partial charge is 0.261 e. The minimum Gasteiger partial charge on any atom is -0.351 e. The molecule has 0 saturated heterocycles. The fourth-order valence-electron chi connectivity index (χ4n) is 3.14. The van der Waals surface area contributed by atoms with Gasteiger partial charge in [0.05, 0.1) is 4.88 Å². The van der Waals surface area contributed by atoms with Crippen molar-refractivity contribution in [1.29, 1.82) is 0 Å². The number of aromatic nitrogens is 2. The zero-order chi connectivity index (χ0) is 18.6. The summed E-state index contributed by atoms with van der Waals surface area (Å²) in [6, 6.07) is 13.8. The normalized spacial score (nSPS) is 11.0. The number of rotatable bonds is 6. The molecule has 1 amide bonds. The van der Waals surface area contributed by atoms with E-state index in [0.29, 0.717) is 18.0 Å². The summed E-state index contributed by atoms with van der Waals surface area (Å²) in [7, 11) is 0. The van der Waals surface area contributed by atoms with Gasteiger partial charge in [-0.3, -0.25) is 4.79 Å². The molecule has 0 aliphatic heterocycles. The van der Waals surface area contributed by atoms with E-state index >= 15 is 0 Å². The van der Waals surface area contributed by atoms with Crippen LogP contribution in [0.4, 0.5) is 0 Å². The van der Waals surface area contributed by atoms with E-state index < -0.39 is 0 Å². The molecule has 0 saturated carbocycles. The van der Waals surface area contributed by atoms with Crippen LogP contribution >= 0.6 is 22.9 Å². The van der Waals surface area contributed by atoms with Crippen molar-refractivity contribution in [3.8, 4) is 0 Å². The number of aromatic amines is 1. The number of pyridine rings is 1. The number of fused-ring (bicyclic) bond motifs is 1. The Bertz CT molecular complexity index is 1090. The van der Waals surface area contributed by atoms with Crippen LogP contribution in [0.25, 0.3) is 11.0 Å². The molecule has 0 aliphatic carbocycles. The Morgan fingerprint density at radius 1 is 1.19 bits per heavy atom. The van der Waals surface area contributed by atoms with Crippen LogP contribution in [0.2, 0.25) is 5.02 Å². The van der Waals surface area contributed by atoms with E-state index in [1.165, 1.54) is 11.3 Å². The maximum absolute atomic E-state index is 12.6. The van der Waals surface area contributed by atoms with E-state index in [4.69, 9.17) is 11.6 Å². The first-order valence-corrected chi connectivity index (χ1v) is 9.96. The van der Waals surface area contributed by atoms with Crippen LogP contribution in [0.5, 0.6) is 0 Å². The molecule has 0 bridgehead atoms. The molecule has 0 radical (unpaired) electrons. The zero-order valence-electron chi connectivity index (χ0n) is 14.5. The number of halogens is 1. The number of nitrogens with zero attached hydrogens (tertiary/aromatic N) is 1.